The summed E-state index contributed by atoms with van der Waals surface area (Å²) in [6.07, 6.45) is -0.352. The Kier molecular flexibility index (Phi) is 5.08. The molecule has 3 nitrogen and oxygen atoms in total. The average molecular weight is 260 g/mol. The van der Waals surface area contributed by atoms with Gasteiger partial charge in [-0.05, 0) is 18.9 Å². The Labute approximate surface area is 101 Å². The normalized spacial score (nSPS) is 13.6. The van der Waals surface area contributed by atoms with E-state index in [4.69, 9.17) is 0 Å². The number of hydrogen-bond donors (Lipinski definition) is 1. The Morgan fingerprint density at radius 3 is 2.59 bits per heavy atom. The number of aliphatic hydroxyl groups is 1. The van der Waals surface area contributed by atoms with Crippen LogP contribution >= 0.6 is 0 Å². The molecule has 0 radical (unpaired) electrons. The summed E-state index contributed by atoms with van der Waals surface area (Å²) >= 11 is 0. The minimum atomic E-state index is -3.01. The molecule has 0 spiro atoms. The second kappa shape index (κ2) is 6.12. The molecule has 17 heavy (non-hydrogen) atoms. The summed E-state index contributed by atoms with van der Waals surface area (Å²) in [5, 5.41) is 9.74. The number of rotatable bonds is 6. The van der Waals surface area contributed by atoms with Crippen LogP contribution in [0.15, 0.2) is 24.3 Å². The van der Waals surface area contributed by atoms with Gasteiger partial charge >= 0.3 is 0 Å². The molecule has 1 aromatic carbocycles. The summed E-state index contributed by atoms with van der Waals surface area (Å²) < 4.78 is 35.7. The minimum absolute atomic E-state index is 0.0367. The molecule has 0 bridgehead atoms. The molecule has 96 valence electrons. The Morgan fingerprint density at radius 2 is 2.00 bits per heavy atom. The lowest BCUT2D eigenvalue weighted by atomic mass is 10.1. The van der Waals surface area contributed by atoms with E-state index in [1.807, 2.05) is 0 Å². The lowest BCUT2D eigenvalue weighted by Crippen LogP contribution is -2.10. The number of benzene rings is 1. The molecule has 0 saturated heterocycles. The maximum absolute atomic E-state index is 13.3. The van der Waals surface area contributed by atoms with Crippen molar-refractivity contribution in [2.24, 2.45) is 0 Å². The van der Waals surface area contributed by atoms with Gasteiger partial charge in [0.15, 0.2) is 0 Å². The highest BCUT2D eigenvalue weighted by Gasteiger charge is 2.14. The highest BCUT2D eigenvalue weighted by Crippen LogP contribution is 2.21. The van der Waals surface area contributed by atoms with Crippen LogP contribution in [0.25, 0.3) is 0 Å². The second-order valence-electron chi connectivity index (χ2n) is 3.92. The van der Waals surface area contributed by atoms with Crippen molar-refractivity contribution in [3.05, 3.63) is 35.6 Å². The van der Waals surface area contributed by atoms with Crippen LogP contribution < -0.4 is 0 Å². The zero-order valence-corrected chi connectivity index (χ0v) is 10.6. The SMILES string of the molecule is CCS(=O)(=O)CCCC(O)c1ccccc1F. The molecule has 0 heterocycles. The van der Waals surface area contributed by atoms with Gasteiger partial charge in [0, 0.05) is 11.3 Å². The average Bonchev–Trinajstić information content (AvgIpc) is 2.29. The van der Waals surface area contributed by atoms with Gasteiger partial charge in [-0.25, -0.2) is 12.8 Å². The van der Waals surface area contributed by atoms with Gasteiger partial charge in [-0.3, -0.25) is 0 Å². The highest BCUT2D eigenvalue weighted by atomic mass is 32.2. The zero-order valence-electron chi connectivity index (χ0n) is 9.77. The molecule has 1 atom stereocenters. The zero-order chi connectivity index (χ0) is 12.9. The maximum atomic E-state index is 13.3. The Bertz CT molecular complexity index is 457. The smallest absolute Gasteiger partial charge is 0.150 e. The second-order valence-corrected chi connectivity index (χ2v) is 6.39. The first-order chi connectivity index (χ1) is 7.96. The van der Waals surface area contributed by atoms with Gasteiger partial charge in [0.25, 0.3) is 0 Å². The molecule has 1 aromatic rings. The molecule has 0 aliphatic carbocycles. The van der Waals surface area contributed by atoms with Crippen molar-refractivity contribution in [1.29, 1.82) is 0 Å². The third kappa shape index (κ3) is 4.44. The first kappa shape index (κ1) is 14.1. The van der Waals surface area contributed by atoms with Gasteiger partial charge in [0.2, 0.25) is 0 Å². The largest absolute Gasteiger partial charge is 0.388 e. The standard InChI is InChI=1S/C12H17FO3S/c1-2-17(15,16)9-5-8-12(14)10-6-3-4-7-11(10)13/h3-4,6-7,12,14H,2,5,8-9H2,1H3. The summed E-state index contributed by atoms with van der Waals surface area (Å²) in [6.45, 7) is 1.59. The molecule has 5 heteroatoms. The molecule has 0 aliphatic heterocycles. The monoisotopic (exact) mass is 260 g/mol. The summed E-state index contributed by atoms with van der Waals surface area (Å²) in [7, 11) is -3.01. The van der Waals surface area contributed by atoms with Crippen molar-refractivity contribution in [2.45, 2.75) is 25.9 Å². The lowest BCUT2D eigenvalue weighted by molar-refractivity contribution is 0.162. The molecule has 1 unspecified atom stereocenters. The Balaban J connectivity index is 2.51. The predicted molar refractivity (Wildman–Crippen MR) is 64.9 cm³/mol. The number of sulfone groups is 1. The molecule has 0 saturated carbocycles. The van der Waals surface area contributed by atoms with E-state index < -0.39 is 21.8 Å². The Hall–Kier alpha value is -0.940. The quantitative estimate of drug-likeness (QED) is 0.852. The molecule has 0 fully saturated rings. The molecule has 0 amide bonds. The van der Waals surface area contributed by atoms with E-state index >= 15 is 0 Å². The third-order valence-corrected chi connectivity index (χ3v) is 4.43. The van der Waals surface area contributed by atoms with E-state index in [0.717, 1.165) is 0 Å². The van der Waals surface area contributed by atoms with Crippen molar-refractivity contribution < 1.29 is 17.9 Å². The van der Waals surface area contributed by atoms with Gasteiger partial charge < -0.3 is 5.11 Å². The summed E-state index contributed by atoms with van der Waals surface area (Å²) in [6, 6.07) is 5.98. The van der Waals surface area contributed by atoms with Crippen molar-refractivity contribution in [2.75, 3.05) is 11.5 Å². The lowest BCUT2D eigenvalue weighted by Gasteiger charge is -2.11. The van der Waals surface area contributed by atoms with Gasteiger partial charge in [0.1, 0.15) is 15.7 Å². The number of halogens is 1. The molecule has 0 aliphatic rings. The van der Waals surface area contributed by atoms with Crippen LogP contribution in [0, 0.1) is 5.82 Å². The molecular formula is C12H17FO3S. The minimum Gasteiger partial charge on any atom is -0.388 e. The van der Waals surface area contributed by atoms with E-state index in [2.05, 4.69) is 0 Å². The van der Waals surface area contributed by atoms with Crippen LogP contribution in [-0.4, -0.2) is 25.0 Å². The third-order valence-electron chi connectivity index (χ3n) is 2.64. The summed E-state index contributed by atoms with van der Waals surface area (Å²) in [5.41, 5.74) is 0.224. The van der Waals surface area contributed by atoms with Crippen LogP contribution in [0.4, 0.5) is 4.39 Å². The molecule has 1 rings (SSSR count). The van der Waals surface area contributed by atoms with Crippen molar-refractivity contribution in [3.63, 3.8) is 0 Å². The van der Waals surface area contributed by atoms with Crippen molar-refractivity contribution in [3.8, 4) is 0 Å². The fraction of sp³-hybridized carbons (Fsp3) is 0.500. The van der Waals surface area contributed by atoms with Crippen LogP contribution in [0.3, 0.4) is 0 Å². The number of hydrogen-bond acceptors (Lipinski definition) is 3. The summed E-state index contributed by atoms with van der Waals surface area (Å²) in [5.74, 6) is -0.323. The van der Waals surface area contributed by atoms with Gasteiger partial charge in [-0.15, -0.1) is 0 Å². The summed E-state index contributed by atoms with van der Waals surface area (Å²) in [4.78, 5) is 0. The van der Waals surface area contributed by atoms with E-state index in [1.54, 1.807) is 19.1 Å². The molecule has 1 N–H and O–H groups in total. The van der Waals surface area contributed by atoms with Crippen molar-refractivity contribution >= 4 is 9.84 Å². The van der Waals surface area contributed by atoms with Crippen LogP contribution in [0.1, 0.15) is 31.4 Å². The Morgan fingerprint density at radius 1 is 1.35 bits per heavy atom. The van der Waals surface area contributed by atoms with Crippen LogP contribution in [-0.2, 0) is 9.84 Å². The van der Waals surface area contributed by atoms with Gasteiger partial charge in [-0.2, -0.15) is 0 Å². The van der Waals surface area contributed by atoms with E-state index in [9.17, 15) is 17.9 Å². The highest BCUT2D eigenvalue weighted by molar-refractivity contribution is 7.91. The fourth-order valence-corrected chi connectivity index (χ4v) is 2.44. The fourth-order valence-electron chi connectivity index (χ4n) is 1.54. The molecular weight excluding hydrogens is 243 g/mol. The van der Waals surface area contributed by atoms with Gasteiger partial charge in [0.05, 0.1) is 11.9 Å². The predicted octanol–water partition coefficient (Wildman–Crippen LogP) is 2.07. The topological polar surface area (TPSA) is 54.4 Å². The van der Waals surface area contributed by atoms with E-state index in [1.165, 1.54) is 12.1 Å². The van der Waals surface area contributed by atoms with Crippen molar-refractivity contribution in [1.82, 2.24) is 0 Å². The first-order valence-electron chi connectivity index (χ1n) is 5.59. The number of aliphatic hydroxyl groups excluding tert-OH is 1. The van der Waals surface area contributed by atoms with Gasteiger partial charge in [-0.1, -0.05) is 25.1 Å². The maximum Gasteiger partial charge on any atom is 0.150 e. The first-order valence-corrected chi connectivity index (χ1v) is 7.41. The van der Waals surface area contributed by atoms with E-state index in [-0.39, 0.29) is 23.5 Å². The van der Waals surface area contributed by atoms with Crippen LogP contribution in [0.5, 0.6) is 0 Å². The van der Waals surface area contributed by atoms with Crippen LogP contribution in [0.2, 0.25) is 0 Å². The molecule has 0 aromatic heterocycles. The van der Waals surface area contributed by atoms with E-state index in [0.29, 0.717) is 6.42 Å².